The van der Waals surface area contributed by atoms with Crippen LogP contribution in [0.3, 0.4) is 0 Å². The predicted molar refractivity (Wildman–Crippen MR) is 106 cm³/mol. The number of hydrogen-bond acceptors (Lipinski definition) is 5. The fourth-order valence-corrected chi connectivity index (χ4v) is 3.36. The summed E-state index contributed by atoms with van der Waals surface area (Å²) in [4.78, 5) is 8.62. The van der Waals surface area contributed by atoms with E-state index in [1.165, 1.54) is 11.7 Å². The van der Waals surface area contributed by atoms with E-state index < -0.39 is 11.9 Å². The lowest BCUT2D eigenvalue weighted by molar-refractivity contribution is -0.141. The maximum atomic E-state index is 13.0. The van der Waals surface area contributed by atoms with Crippen LogP contribution in [-0.4, -0.2) is 29.9 Å². The number of hydrogen-bond donors (Lipinski definition) is 2. The van der Waals surface area contributed by atoms with E-state index in [0.717, 1.165) is 22.7 Å². The molecule has 0 aliphatic carbocycles. The molecule has 30 heavy (non-hydrogen) atoms. The van der Waals surface area contributed by atoms with Crippen LogP contribution in [0.15, 0.2) is 54.9 Å². The van der Waals surface area contributed by atoms with Gasteiger partial charge < -0.3 is 5.32 Å². The molecule has 0 radical (unpaired) electrons. The minimum atomic E-state index is -4.52. The van der Waals surface area contributed by atoms with E-state index in [9.17, 15) is 13.2 Å². The number of benzene rings is 1. The molecule has 1 aromatic carbocycles. The largest absolute Gasteiger partial charge is 0.435 e. The third kappa shape index (κ3) is 3.02. The first-order valence-corrected chi connectivity index (χ1v) is 8.96. The van der Waals surface area contributed by atoms with Gasteiger partial charge in [-0.15, -0.1) is 0 Å². The average molecular weight is 409 g/mol. The number of alkyl halides is 3. The molecule has 7 nitrogen and oxygen atoms in total. The van der Waals surface area contributed by atoms with Gasteiger partial charge in [-0.25, -0.2) is 0 Å². The zero-order chi connectivity index (χ0) is 20.9. The Morgan fingerprint density at radius 3 is 2.70 bits per heavy atom. The molecule has 5 aromatic rings. The summed E-state index contributed by atoms with van der Waals surface area (Å²) in [5, 5.41) is 15.5. The summed E-state index contributed by atoms with van der Waals surface area (Å²) in [6.45, 7) is 0. The highest BCUT2D eigenvalue weighted by molar-refractivity contribution is 5.96. The van der Waals surface area contributed by atoms with E-state index in [4.69, 9.17) is 0 Å². The number of aromatic nitrogens is 6. The molecular weight excluding hydrogens is 395 g/mol. The van der Waals surface area contributed by atoms with Crippen molar-refractivity contribution < 1.29 is 13.2 Å². The number of nitrogens with zero attached hydrogens (tertiary/aromatic N) is 5. The number of aryl methyl sites for hydroxylation is 1. The van der Waals surface area contributed by atoms with Crippen LogP contribution >= 0.6 is 0 Å². The summed E-state index contributed by atoms with van der Waals surface area (Å²) in [5.41, 5.74) is 2.05. The molecule has 2 N–H and O–H groups in total. The monoisotopic (exact) mass is 409 g/mol. The highest BCUT2D eigenvalue weighted by Gasteiger charge is 2.35. The topological polar surface area (TPSA) is 84.3 Å². The first kappa shape index (κ1) is 18.1. The van der Waals surface area contributed by atoms with Crippen molar-refractivity contribution in [1.82, 2.24) is 29.9 Å². The Morgan fingerprint density at radius 1 is 1.03 bits per heavy atom. The van der Waals surface area contributed by atoms with Crippen LogP contribution < -0.4 is 5.32 Å². The summed E-state index contributed by atoms with van der Waals surface area (Å²) in [7, 11) is 1.47. The van der Waals surface area contributed by atoms with Gasteiger partial charge in [0.1, 0.15) is 5.52 Å². The van der Waals surface area contributed by atoms with Gasteiger partial charge in [0.2, 0.25) is 0 Å². The molecule has 0 aliphatic heterocycles. The molecule has 5 rings (SSSR count). The molecule has 0 fully saturated rings. The number of pyridine rings is 2. The number of nitrogens with one attached hydrogen (secondary N) is 2. The van der Waals surface area contributed by atoms with Crippen LogP contribution in [0.1, 0.15) is 5.69 Å². The molecule has 0 spiro atoms. The lowest BCUT2D eigenvalue weighted by Gasteiger charge is -2.09. The molecule has 0 saturated carbocycles. The SMILES string of the molecule is Cn1nc(C(F)(F)F)cc1-c1nccc2cc(Nc3n[nH]c4cccnc34)ccc12. The van der Waals surface area contributed by atoms with Gasteiger partial charge in [0.15, 0.2) is 11.5 Å². The molecule has 0 saturated heterocycles. The number of rotatable bonds is 3. The fraction of sp³-hybridized carbons (Fsp3) is 0.100. The van der Waals surface area contributed by atoms with E-state index in [2.05, 4.69) is 30.6 Å². The predicted octanol–water partition coefficient (Wildman–Crippen LogP) is 4.67. The first-order valence-electron chi connectivity index (χ1n) is 8.96. The van der Waals surface area contributed by atoms with Crippen LogP contribution in [0.5, 0.6) is 0 Å². The van der Waals surface area contributed by atoms with Gasteiger partial charge in [-0.3, -0.25) is 19.7 Å². The molecule has 4 aromatic heterocycles. The zero-order valence-electron chi connectivity index (χ0n) is 15.6. The summed E-state index contributed by atoms with van der Waals surface area (Å²) in [6, 6.07) is 12.0. The second kappa shape index (κ2) is 6.55. The van der Waals surface area contributed by atoms with Crippen LogP contribution in [0.25, 0.3) is 33.2 Å². The lowest BCUT2D eigenvalue weighted by Crippen LogP contribution is -2.06. The summed E-state index contributed by atoms with van der Waals surface area (Å²) >= 11 is 0. The van der Waals surface area contributed by atoms with Crippen LogP contribution in [0, 0.1) is 0 Å². The third-order valence-corrected chi connectivity index (χ3v) is 4.76. The highest BCUT2D eigenvalue weighted by Crippen LogP contribution is 2.34. The van der Waals surface area contributed by atoms with Crippen LogP contribution in [0.2, 0.25) is 0 Å². The normalized spacial score (nSPS) is 12.0. The molecule has 0 amide bonds. The van der Waals surface area contributed by atoms with Gasteiger partial charge in [-0.2, -0.15) is 23.4 Å². The minimum Gasteiger partial charge on any atom is -0.337 e. The number of H-pyrrole nitrogens is 1. The Hall–Kier alpha value is -3.95. The van der Waals surface area contributed by atoms with Gasteiger partial charge in [0.25, 0.3) is 0 Å². The summed E-state index contributed by atoms with van der Waals surface area (Å²) < 4.78 is 40.3. The van der Waals surface area contributed by atoms with Gasteiger partial charge in [0, 0.05) is 30.5 Å². The Morgan fingerprint density at radius 2 is 1.90 bits per heavy atom. The molecule has 0 unspecified atom stereocenters. The van der Waals surface area contributed by atoms with E-state index in [1.807, 2.05) is 30.3 Å². The minimum absolute atomic E-state index is 0.288. The van der Waals surface area contributed by atoms with Crippen LogP contribution in [-0.2, 0) is 13.2 Å². The Kier molecular flexibility index (Phi) is 3.95. The van der Waals surface area contributed by atoms with Crippen molar-refractivity contribution in [3.05, 3.63) is 60.6 Å². The Labute approximate surface area is 167 Å². The van der Waals surface area contributed by atoms with Crippen molar-refractivity contribution in [1.29, 1.82) is 0 Å². The number of anilines is 2. The van der Waals surface area contributed by atoms with Gasteiger partial charge in [-0.1, -0.05) is 6.07 Å². The van der Waals surface area contributed by atoms with Gasteiger partial charge in [0.05, 0.1) is 16.9 Å². The molecule has 0 atom stereocenters. The van der Waals surface area contributed by atoms with Crippen molar-refractivity contribution in [2.45, 2.75) is 6.18 Å². The standard InChI is InChI=1S/C20H14F3N7/c1-30-15(10-16(29-30)20(21,22)23)17-13-5-4-12(9-11(13)6-8-25-17)26-19-18-14(27-28-19)3-2-7-24-18/h2-10H,1H3,(H2,26,27,28). The van der Waals surface area contributed by atoms with Gasteiger partial charge >= 0.3 is 6.18 Å². The van der Waals surface area contributed by atoms with Crippen molar-refractivity contribution in [3.8, 4) is 11.4 Å². The molecule has 4 heterocycles. The third-order valence-electron chi connectivity index (χ3n) is 4.76. The second-order valence-corrected chi connectivity index (χ2v) is 6.73. The smallest absolute Gasteiger partial charge is 0.337 e. The number of halogens is 3. The number of aromatic amines is 1. The molecule has 150 valence electrons. The molecule has 0 bridgehead atoms. The first-order chi connectivity index (χ1) is 14.4. The fourth-order valence-electron chi connectivity index (χ4n) is 3.36. The maximum absolute atomic E-state index is 13.0. The van der Waals surface area contributed by atoms with Crippen molar-refractivity contribution in [2.24, 2.45) is 7.05 Å². The van der Waals surface area contributed by atoms with E-state index in [-0.39, 0.29) is 5.69 Å². The quantitative estimate of drug-likeness (QED) is 0.452. The van der Waals surface area contributed by atoms with Gasteiger partial charge in [-0.05, 0) is 41.8 Å². The summed E-state index contributed by atoms with van der Waals surface area (Å²) in [5.74, 6) is 0.584. The molecule has 0 aliphatic rings. The van der Waals surface area contributed by atoms with Crippen molar-refractivity contribution in [2.75, 3.05) is 5.32 Å². The van der Waals surface area contributed by atoms with E-state index >= 15 is 0 Å². The number of fused-ring (bicyclic) bond motifs is 2. The second-order valence-electron chi connectivity index (χ2n) is 6.73. The summed E-state index contributed by atoms with van der Waals surface area (Å²) in [6.07, 6.45) is -1.27. The lowest BCUT2D eigenvalue weighted by atomic mass is 10.1. The molecule has 10 heteroatoms. The maximum Gasteiger partial charge on any atom is 0.435 e. The van der Waals surface area contributed by atoms with E-state index in [1.54, 1.807) is 18.5 Å². The van der Waals surface area contributed by atoms with Crippen molar-refractivity contribution >= 4 is 33.3 Å². The van der Waals surface area contributed by atoms with E-state index in [0.29, 0.717) is 22.4 Å². The zero-order valence-corrected chi connectivity index (χ0v) is 15.6. The molecular formula is C20H14F3N7. The Balaban J connectivity index is 1.55. The van der Waals surface area contributed by atoms with Crippen LogP contribution in [0.4, 0.5) is 24.7 Å². The Bertz CT molecular complexity index is 1380. The highest BCUT2D eigenvalue weighted by atomic mass is 19.4. The van der Waals surface area contributed by atoms with Crippen molar-refractivity contribution in [3.63, 3.8) is 0 Å². The average Bonchev–Trinajstić information content (AvgIpc) is 3.31.